The molecule has 1 amide bonds. The number of carbonyl (C=O) groups excluding carboxylic acids is 1. The average molecular weight is 304 g/mol. The van der Waals surface area contributed by atoms with Crippen molar-refractivity contribution in [2.75, 3.05) is 24.2 Å². The van der Waals surface area contributed by atoms with Crippen LogP contribution in [0.1, 0.15) is 0 Å². The van der Waals surface area contributed by atoms with Crippen molar-refractivity contribution in [2.45, 2.75) is 4.90 Å². The van der Waals surface area contributed by atoms with Crippen molar-refractivity contribution in [3.05, 3.63) is 60.4 Å². The molecule has 0 aromatic heterocycles. The Balaban J connectivity index is 1.63. The summed E-state index contributed by atoms with van der Waals surface area (Å²) in [6.45, 7) is 0.883. The molecular formula is C16H17FN2OS. The second kappa shape index (κ2) is 8.44. The number of rotatable bonds is 7. The Bertz CT molecular complexity index is 577. The van der Waals surface area contributed by atoms with Gasteiger partial charge in [-0.2, -0.15) is 0 Å². The monoisotopic (exact) mass is 304 g/mol. The predicted octanol–water partition coefficient (Wildman–Crippen LogP) is 3.15. The molecule has 0 saturated carbocycles. The number of amides is 1. The molecule has 0 fully saturated rings. The van der Waals surface area contributed by atoms with E-state index < -0.39 is 5.82 Å². The van der Waals surface area contributed by atoms with Crippen LogP contribution >= 0.6 is 11.8 Å². The molecule has 2 aromatic rings. The van der Waals surface area contributed by atoms with Crippen molar-refractivity contribution in [1.29, 1.82) is 0 Å². The average Bonchev–Trinajstić information content (AvgIpc) is 2.50. The summed E-state index contributed by atoms with van der Waals surface area (Å²) in [4.78, 5) is 12.9. The number of benzene rings is 2. The fourth-order valence-corrected chi connectivity index (χ4v) is 2.55. The lowest BCUT2D eigenvalue weighted by Gasteiger charge is -2.07. The largest absolute Gasteiger partial charge is 0.322 e. The first kappa shape index (κ1) is 15.5. The van der Waals surface area contributed by atoms with Gasteiger partial charge in [-0.25, -0.2) is 4.39 Å². The number of hydrogen-bond donors (Lipinski definition) is 2. The Kier molecular flexibility index (Phi) is 6.24. The van der Waals surface area contributed by atoms with Gasteiger partial charge in [0.2, 0.25) is 5.91 Å². The van der Waals surface area contributed by atoms with Gasteiger partial charge in [-0.05, 0) is 24.3 Å². The van der Waals surface area contributed by atoms with Gasteiger partial charge < -0.3 is 10.6 Å². The zero-order chi connectivity index (χ0) is 14.9. The Morgan fingerprint density at radius 3 is 2.52 bits per heavy atom. The number of para-hydroxylation sites is 1. The Morgan fingerprint density at radius 2 is 1.76 bits per heavy atom. The molecule has 3 nitrogen and oxygen atoms in total. The highest BCUT2D eigenvalue weighted by atomic mass is 32.2. The van der Waals surface area contributed by atoms with E-state index in [2.05, 4.69) is 22.8 Å². The fourth-order valence-electron chi connectivity index (χ4n) is 1.72. The minimum Gasteiger partial charge on any atom is -0.322 e. The van der Waals surface area contributed by atoms with Crippen LogP contribution in [-0.2, 0) is 4.79 Å². The van der Waals surface area contributed by atoms with Crippen LogP contribution in [0.15, 0.2) is 59.5 Å². The Hall–Kier alpha value is -1.85. The summed E-state index contributed by atoms with van der Waals surface area (Å²) in [5.74, 6) is 0.201. The SMILES string of the molecule is O=C(CNCCSc1ccccc1)Nc1ccccc1F. The number of halogens is 1. The van der Waals surface area contributed by atoms with E-state index in [1.807, 2.05) is 18.2 Å². The van der Waals surface area contributed by atoms with Gasteiger partial charge in [-0.3, -0.25) is 4.79 Å². The van der Waals surface area contributed by atoms with E-state index in [9.17, 15) is 9.18 Å². The maximum atomic E-state index is 13.3. The molecule has 0 spiro atoms. The Morgan fingerprint density at radius 1 is 1.05 bits per heavy atom. The summed E-state index contributed by atoms with van der Waals surface area (Å²) in [5.41, 5.74) is 0.211. The summed E-state index contributed by atoms with van der Waals surface area (Å²) in [7, 11) is 0. The number of thioether (sulfide) groups is 1. The maximum Gasteiger partial charge on any atom is 0.238 e. The van der Waals surface area contributed by atoms with Crippen LogP contribution in [0.3, 0.4) is 0 Å². The zero-order valence-electron chi connectivity index (χ0n) is 11.5. The first-order valence-corrected chi connectivity index (χ1v) is 7.67. The summed E-state index contributed by atoms with van der Waals surface area (Å²) in [6, 6.07) is 16.2. The van der Waals surface area contributed by atoms with Crippen LogP contribution in [0.4, 0.5) is 10.1 Å². The highest BCUT2D eigenvalue weighted by Crippen LogP contribution is 2.15. The first-order chi connectivity index (χ1) is 10.3. The molecule has 0 saturated heterocycles. The Labute approximate surface area is 127 Å². The van der Waals surface area contributed by atoms with Crippen molar-refractivity contribution in [1.82, 2.24) is 5.32 Å². The van der Waals surface area contributed by atoms with Crippen molar-refractivity contribution in [2.24, 2.45) is 0 Å². The second-order valence-electron chi connectivity index (χ2n) is 4.37. The highest BCUT2D eigenvalue weighted by molar-refractivity contribution is 7.99. The molecule has 2 rings (SSSR count). The van der Waals surface area contributed by atoms with Gasteiger partial charge in [-0.1, -0.05) is 30.3 Å². The van der Waals surface area contributed by atoms with E-state index >= 15 is 0 Å². The third-order valence-electron chi connectivity index (χ3n) is 2.72. The molecule has 0 radical (unpaired) electrons. The quantitative estimate of drug-likeness (QED) is 0.610. The van der Waals surface area contributed by atoms with Crippen molar-refractivity contribution in [3.8, 4) is 0 Å². The lowest BCUT2D eigenvalue weighted by atomic mass is 10.3. The van der Waals surface area contributed by atoms with Crippen LogP contribution in [0.2, 0.25) is 0 Å². The number of carbonyl (C=O) groups is 1. The van der Waals surface area contributed by atoms with Gasteiger partial charge in [0.05, 0.1) is 12.2 Å². The molecule has 0 heterocycles. The molecule has 5 heteroatoms. The van der Waals surface area contributed by atoms with E-state index in [0.717, 1.165) is 5.75 Å². The number of anilines is 1. The topological polar surface area (TPSA) is 41.1 Å². The molecule has 2 N–H and O–H groups in total. The van der Waals surface area contributed by atoms with Gasteiger partial charge >= 0.3 is 0 Å². The molecule has 0 unspecified atom stereocenters. The highest BCUT2D eigenvalue weighted by Gasteiger charge is 2.05. The summed E-state index contributed by atoms with van der Waals surface area (Å²) < 4.78 is 13.3. The van der Waals surface area contributed by atoms with Crippen molar-refractivity contribution >= 4 is 23.4 Å². The molecular weight excluding hydrogens is 287 g/mol. The van der Waals surface area contributed by atoms with E-state index in [0.29, 0.717) is 6.54 Å². The van der Waals surface area contributed by atoms with Crippen LogP contribution < -0.4 is 10.6 Å². The van der Waals surface area contributed by atoms with Gasteiger partial charge in [-0.15, -0.1) is 11.8 Å². The van der Waals surface area contributed by atoms with E-state index in [-0.39, 0.29) is 18.1 Å². The molecule has 0 atom stereocenters. The van der Waals surface area contributed by atoms with Gasteiger partial charge in [0.1, 0.15) is 5.82 Å². The van der Waals surface area contributed by atoms with Gasteiger partial charge in [0, 0.05) is 17.2 Å². The third-order valence-corrected chi connectivity index (χ3v) is 3.74. The smallest absolute Gasteiger partial charge is 0.238 e. The summed E-state index contributed by atoms with van der Waals surface area (Å²) >= 11 is 1.72. The lowest BCUT2D eigenvalue weighted by molar-refractivity contribution is -0.115. The standard InChI is InChI=1S/C16H17FN2OS/c17-14-8-4-5-9-15(14)19-16(20)12-18-10-11-21-13-6-2-1-3-7-13/h1-9,18H,10-12H2,(H,19,20). The second-order valence-corrected chi connectivity index (χ2v) is 5.53. The maximum absolute atomic E-state index is 13.3. The number of hydrogen-bond acceptors (Lipinski definition) is 3. The molecule has 21 heavy (non-hydrogen) atoms. The summed E-state index contributed by atoms with van der Waals surface area (Å²) in [5, 5.41) is 5.58. The lowest BCUT2D eigenvalue weighted by Crippen LogP contribution is -2.29. The minimum absolute atomic E-state index is 0.170. The zero-order valence-corrected chi connectivity index (χ0v) is 12.3. The molecule has 0 bridgehead atoms. The molecule has 0 aliphatic carbocycles. The third kappa shape index (κ3) is 5.57. The van der Waals surface area contributed by atoms with Gasteiger partial charge in [0.15, 0.2) is 0 Å². The molecule has 2 aromatic carbocycles. The molecule has 0 aliphatic heterocycles. The van der Waals surface area contributed by atoms with Crippen molar-refractivity contribution < 1.29 is 9.18 Å². The van der Waals surface area contributed by atoms with Crippen LogP contribution in [0.5, 0.6) is 0 Å². The molecule has 0 aliphatic rings. The van der Waals surface area contributed by atoms with E-state index in [4.69, 9.17) is 0 Å². The van der Waals surface area contributed by atoms with E-state index in [1.54, 1.807) is 30.0 Å². The first-order valence-electron chi connectivity index (χ1n) is 6.68. The van der Waals surface area contributed by atoms with Crippen LogP contribution in [-0.4, -0.2) is 24.7 Å². The van der Waals surface area contributed by atoms with Crippen LogP contribution in [0, 0.1) is 5.82 Å². The van der Waals surface area contributed by atoms with Gasteiger partial charge in [0.25, 0.3) is 0 Å². The summed E-state index contributed by atoms with van der Waals surface area (Å²) in [6.07, 6.45) is 0. The minimum atomic E-state index is -0.425. The normalized spacial score (nSPS) is 10.3. The molecule has 110 valence electrons. The predicted molar refractivity (Wildman–Crippen MR) is 85.1 cm³/mol. The fraction of sp³-hybridized carbons (Fsp3) is 0.188. The van der Waals surface area contributed by atoms with E-state index in [1.165, 1.54) is 11.0 Å². The number of nitrogens with one attached hydrogen (secondary N) is 2. The van der Waals surface area contributed by atoms with Crippen LogP contribution in [0.25, 0.3) is 0 Å². The van der Waals surface area contributed by atoms with Crippen molar-refractivity contribution in [3.63, 3.8) is 0 Å².